The minimum atomic E-state index is 0.731. The summed E-state index contributed by atoms with van der Waals surface area (Å²) in [5.41, 5.74) is 0. The predicted octanol–water partition coefficient (Wildman–Crippen LogP) is 2.60. The normalized spacial score (nSPS) is 16.8. The Morgan fingerprint density at radius 2 is 1.71 bits per heavy atom. The Bertz CT molecular complexity index is 158. The third kappa shape index (κ3) is 8.58. The lowest BCUT2D eigenvalue weighted by Crippen LogP contribution is -2.25. The molecule has 0 unspecified atom stereocenters. The number of hydrogen-bond donors (Lipinski definition) is 1. The van der Waals surface area contributed by atoms with Crippen molar-refractivity contribution in [3.8, 4) is 0 Å². The Hall–Kier alpha value is -0.120. The summed E-state index contributed by atoms with van der Waals surface area (Å²) in [7, 11) is 0. The molecule has 1 aliphatic rings. The molecule has 0 atom stereocenters. The van der Waals surface area contributed by atoms with Crippen molar-refractivity contribution < 1.29 is 9.47 Å². The second-order valence-corrected chi connectivity index (χ2v) is 4.93. The van der Waals surface area contributed by atoms with Crippen molar-refractivity contribution in [2.75, 3.05) is 39.5 Å². The summed E-state index contributed by atoms with van der Waals surface area (Å²) in [6, 6.07) is 0. The summed E-state index contributed by atoms with van der Waals surface area (Å²) in [6.45, 7) is 7.48. The van der Waals surface area contributed by atoms with E-state index in [1.165, 1.54) is 38.6 Å². The van der Waals surface area contributed by atoms with Crippen LogP contribution in [0.2, 0.25) is 0 Å². The van der Waals surface area contributed by atoms with Gasteiger partial charge in [0.2, 0.25) is 0 Å². The number of nitrogens with one attached hydrogen (secondary N) is 1. The van der Waals surface area contributed by atoms with E-state index >= 15 is 0 Å². The summed E-state index contributed by atoms with van der Waals surface area (Å²) in [4.78, 5) is 0. The highest BCUT2D eigenvalue weighted by molar-refractivity contribution is 4.69. The summed E-state index contributed by atoms with van der Waals surface area (Å²) in [5, 5.41) is 3.47. The minimum absolute atomic E-state index is 0.731. The molecule has 0 aromatic carbocycles. The van der Waals surface area contributed by atoms with Crippen LogP contribution in [0.3, 0.4) is 0 Å². The third-order valence-corrected chi connectivity index (χ3v) is 3.35. The molecule has 1 fully saturated rings. The number of unbranched alkanes of at least 4 members (excludes halogenated alkanes) is 1. The van der Waals surface area contributed by atoms with Crippen LogP contribution >= 0.6 is 0 Å². The van der Waals surface area contributed by atoms with Gasteiger partial charge in [0.05, 0.1) is 19.8 Å². The molecule has 0 aliphatic heterocycles. The van der Waals surface area contributed by atoms with Gasteiger partial charge in [-0.15, -0.1) is 0 Å². The predicted molar refractivity (Wildman–Crippen MR) is 71.4 cm³/mol. The summed E-state index contributed by atoms with van der Waals surface area (Å²) < 4.78 is 10.9. The van der Waals surface area contributed by atoms with Gasteiger partial charge in [0.1, 0.15) is 0 Å². The first-order valence-corrected chi connectivity index (χ1v) is 7.29. The quantitative estimate of drug-likeness (QED) is 0.566. The van der Waals surface area contributed by atoms with Crippen LogP contribution in [0.1, 0.15) is 45.4 Å². The standard InChI is InChI=1S/C14H29NO2/c1-2-3-9-16-11-12-17-10-8-15-13-14-6-4-5-7-14/h14-15H,2-13H2,1H3. The van der Waals surface area contributed by atoms with Crippen molar-refractivity contribution >= 4 is 0 Å². The van der Waals surface area contributed by atoms with E-state index in [1.54, 1.807) is 0 Å². The molecular weight excluding hydrogens is 214 g/mol. The van der Waals surface area contributed by atoms with Gasteiger partial charge in [-0.1, -0.05) is 26.2 Å². The van der Waals surface area contributed by atoms with Crippen molar-refractivity contribution in [1.29, 1.82) is 0 Å². The van der Waals surface area contributed by atoms with Crippen LogP contribution < -0.4 is 5.32 Å². The van der Waals surface area contributed by atoms with E-state index in [4.69, 9.17) is 9.47 Å². The molecule has 0 heterocycles. The molecule has 1 N–H and O–H groups in total. The fraction of sp³-hybridized carbons (Fsp3) is 1.00. The number of hydrogen-bond acceptors (Lipinski definition) is 3. The molecule has 102 valence electrons. The molecule has 0 spiro atoms. The van der Waals surface area contributed by atoms with Gasteiger partial charge in [0.25, 0.3) is 0 Å². The molecule has 1 saturated carbocycles. The van der Waals surface area contributed by atoms with Crippen LogP contribution in [0.15, 0.2) is 0 Å². The first-order valence-electron chi connectivity index (χ1n) is 7.29. The second-order valence-electron chi connectivity index (χ2n) is 4.93. The summed E-state index contributed by atoms with van der Waals surface area (Å²) in [5.74, 6) is 0.923. The zero-order valence-corrected chi connectivity index (χ0v) is 11.4. The number of ether oxygens (including phenoxy) is 2. The monoisotopic (exact) mass is 243 g/mol. The lowest BCUT2D eigenvalue weighted by Gasteiger charge is -2.10. The maximum atomic E-state index is 5.49. The van der Waals surface area contributed by atoms with Gasteiger partial charge in [-0.05, 0) is 31.7 Å². The van der Waals surface area contributed by atoms with E-state index in [0.717, 1.165) is 45.3 Å². The van der Waals surface area contributed by atoms with Crippen molar-refractivity contribution in [2.24, 2.45) is 5.92 Å². The topological polar surface area (TPSA) is 30.5 Å². The maximum Gasteiger partial charge on any atom is 0.0701 e. The fourth-order valence-electron chi connectivity index (χ4n) is 2.23. The van der Waals surface area contributed by atoms with Gasteiger partial charge in [0, 0.05) is 13.2 Å². The lowest BCUT2D eigenvalue weighted by molar-refractivity contribution is 0.0476. The largest absolute Gasteiger partial charge is 0.379 e. The Morgan fingerprint density at radius 3 is 2.41 bits per heavy atom. The van der Waals surface area contributed by atoms with E-state index in [0.29, 0.717) is 0 Å². The molecule has 0 aromatic rings. The first kappa shape index (κ1) is 14.9. The van der Waals surface area contributed by atoms with Gasteiger partial charge >= 0.3 is 0 Å². The van der Waals surface area contributed by atoms with Crippen LogP contribution in [-0.4, -0.2) is 39.5 Å². The van der Waals surface area contributed by atoms with Gasteiger partial charge in [-0.25, -0.2) is 0 Å². The molecule has 3 nitrogen and oxygen atoms in total. The van der Waals surface area contributed by atoms with Gasteiger partial charge in [0.15, 0.2) is 0 Å². The van der Waals surface area contributed by atoms with Gasteiger partial charge in [-0.3, -0.25) is 0 Å². The SMILES string of the molecule is CCCCOCCOCCNCC1CCCC1. The average Bonchev–Trinajstić information content (AvgIpc) is 2.85. The first-order chi connectivity index (χ1) is 8.43. The van der Waals surface area contributed by atoms with Gasteiger partial charge < -0.3 is 14.8 Å². The molecule has 0 bridgehead atoms. The zero-order valence-electron chi connectivity index (χ0n) is 11.4. The van der Waals surface area contributed by atoms with Crippen molar-refractivity contribution in [3.05, 3.63) is 0 Å². The summed E-state index contributed by atoms with van der Waals surface area (Å²) in [6.07, 6.45) is 8.04. The van der Waals surface area contributed by atoms with E-state index in [-0.39, 0.29) is 0 Å². The molecule has 1 rings (SSSR count). The fourth-order valence-corrected chi connectivity index (χ4v) is 2.23. The smallest absolute Gasteiger partial charge is 0.0701 e. The Balaban J connectivity index is 1.69. The molecule has 0 aromatic heterocycles. The average molecular weight is 243 g/mol. The van der Waals surface area contributed by atoms with Crippen LogP contribution in [0.5, 0.6) is 0 Å². The zero-order chi connectivity index (χ0) is 12.2. The van der Waals surface area contributed by atoms with E-state index in [2.05, 4.69) is 12.2 Å². The van der Waals surface area contributed by atoms with Crippen molar-refractivity contribution in [1.82, 2.24) is 5.32 Å². The minimum Gasteiger partial charge on any atom is -0.379 e. The lowest BCUT2D eigenvalue weighted by atomic mass is 10.1. The molecule has 1 aliphatic carbocycles. The highest BCUT2D eigenvalue weighted by Crippen LogP contribution is 2.23. The molecular formula is C14H29NO2. The summed E-state index contributed by atoms with van der Waals surface area (Å²) >= 11 is 0. The molecule has 0 saturated heterocycles. The molecule has 3 heteroatoms. The van der Waals surface area contributed by atoms with E-state index < -0.39 is 0 Å². The maximum absolute atomic E-state index is 5.49. The Labute approximate surface area is 106 Å². The van der Waals surface area contributed by atoms with E-state index in [1.807, 2.05) is 0 Å². The highest BCUT2D eigenvalue weighted by atomic mass is 16.5. The Morgan fingerprint density at radius 1 is 1.00 bits per heavy atom. The van der Waals surface area contributed by atoms with Crippen LogP contribution in [0.4, 0.5) is 0 Å². The molecule has 17 heavy (non-hydrogen) atoms. The molecule has 0 amide bonds. The van der Waals surface area contributed by atoms with Crippen LogP contribution in [0.25, 0.3) is 0 Å². The van der Waals surface area contributed by atoms with Crippen LogP contribution in [0, 0.1) is 5.92 Å². The third-order valence-electron chi connectivity index (χ3n) is 3.35. The molecule has 0 radical (unpaired) electrons. The number of rotatable bonds is 11. The van der Waals surface area contributed by atoms with Crippen molar-refractivity contribution in [3.63, 3.8) is 0 Å². The second kappa shape index (κ2) is 11.0. The van der Waals surface area contributed by atoms with Crippen molar-refractivity contribution in [2.45, 2.75) is 45.4 Å². The Kier molecular flexibility index (Phi) is 9.66. The van der Waals surface area contributed by atoms with Gasteiger partial charge in [-0.2, -0.15) is 0 Å². The van der Waals surface area contributed by atoms with Crippen LogP contribution in [-0.2, 0) is 9.47 Å². The highest BCUT2D eigenvalue weighted by Gasteiger charge is 2.13. The van der Waals surface area contributed by atoms with E-state index in [9.17, 15) is 0 Å².